The maximum atomic E-state index is 15.1. The number of amides is 4. The number of nitrogens with one attached hydrogen (secondary N) is 4. The zero-order valence-electron chi connectivity index (χ0n) is 61.4. The second kappa shape index (κ2) is 36.1. The number of fused-ring (bicyclic) bond motifs is 6. The number of hydrogen-bond acceptors (Lipinski definition) is 18. The molecule has 6 atom stereocenters. The number of thiophene rings is 2. The number of hydrogen-bond donors (Lipinski definition) is 5. The van der Waals surface area contributed by atoms with Gasteiger partial charge in [-0.25, -0.2) is 4.98 Å². The molecule has 0 spiro atoms. The molecule has 11 rings (SSSR count). The summed E-state index contributed by atoms with van der Waals surface area (Å²) >= 11 is 19.3. The van der Waals surface area contributed by atoms with E-state index >= 15 is 4.79 Å². The monoisotopic (exact) mass is 1520 g/mol. The molecule has 0 unspecified atom stereocenters. The lowest BCUT2D eigenvalue weighted by Gasteiger charge is -2.37. The molecule has 1 fully saturated rings. The summed E-state index contributed by atoms with van der Waals surface area (Å²) < 4.78 is 9.50. The number of aromatic nitrogens is 7. The third-order valence-electron chi connectivity index (χ3n) is 20.0. The average Bonchev–Trinajstić information content (AvgIpc) is 1.60. The lowest BCUT2D eigenvalue weighted by molar-refractivity contribution is -0.142. The smallest absolute Gasteiger partial charge is 0.247 e. The number of carbonyl (C=O) groups excluding carboxylic acids is 4. The van der Waals surface area contributed by atoms with Crippen LogP contribution in [0.5, 0.6) is 0 Å². The molecule has 104 heavy (non-hydrogen) atoms. The van der Waals surface area contributed by atoms with E-state index in [1.807, 2.05) is 120 Å². The van der Waals surface area contributed by atoms with Crippen molar-refractivity contribution in [3.8, 4) is 20.4 Å². The van der Waals surface area contributed by atoms with Gasteiger partial charge in [0.05, 0.1) is 46.1 Å². The Bertz CT molecular complexity index is 4350. The van der Waals surface area contributed by atoms with Gasteiger partial charge in [-0.1, -0.05) is 104 Å². The lowest BCUT2D eigenvalue weighted by atomic mass is 9.99. The van der Waals surface area contributed by atoms with Crippen LogP contribution in [0.1, 0.15) is 213 Å². The van der Waals surface area contributed by atoms with Gasteiger partial charge >= 0.3 is 0 Å². The maximum absolute atomic E-state index is 15.1. The summed E-state index contributed by atoms with van der Waals surface area (Å²) in [5.74, 6) is 2.79. The summed E-state index contributed by atoms with van der Waals surface area (Å²) in [6.45, 7) is 23.7. The molecule has 5 aromatic heterocycles. The zero-order chi connectivity index (χ0) is 73.8. The molecule has 0 aliphatic carbocycles. The number of nitrogens with zero attached hydrogens (tertiary/aromatic N) is 10. The van der Waals surface area contributed by atoms with E-state index in [-0.39, 0.29) is 61.5 Å². The van der Waals surface area contributed by atoms with Gasteiger partial charge in [-0.05, 0) is 180 Å². The fourth-order valence-corrected chi connectivity index (χ4v) is 18.6. The van der Waals surface area contributed by atoms with Gasteiger partial charge < -0.3 is 36.0 Å². The molecule has 3 aliphatic rings. The summed E-state index contributed by atoms with van der Waals surface area (Å²) in [5, 5.41) is 45.8. The molecule has 3 aliphatic heterocycles. The Morgan fingerprint density at radius 3 is 1.80 bits per heavy atom. The summed E-state index contributed by atoms with van der Waals surface area (Å²) in [6, 6.07) is 20.6. The normalized spacial score (nSPS) is 16.9. The molecule has 8 heterocycles. The van der Waals surface area contributed by atoms with Gasteiger partial charge in [-0.15, -0.1) is 54.4 Å². The molecule has 0 radical (unpaired) electrons. The molecule has 5 N–H and O–H groups in total. The van der Waals surface area contributed by atoms with Crippen molar-refractivity contribution in [2.45, 2.75) is 207 Å². The SMILES string of the molecule is Cc1ncsc1-c1ccc([C@H](C)NC(=O)[C@@H]2C[C@@H](O)CN2C(=O)[C@@H](NC(=O)CCCCCOCCCCCCNC(=O)C[C@@H]2N=C(c3ccc(Cl)cc3)c3c(sc(C)c3C)-n3c(C)nnc32)C(C)(C)SCCCCCCNCC[C@@H]2N=C(c3ccc(Cl)cc3)c3c(sc(C)c3C)-n3c(C)nnc32)cc1. The van der Waals surface area contributed by atoms with Crippen LogP contribution in [0.3, 0.4) is 0 Å². The lowest BCUT2D eigenvalue weighted by Crippen LogP contribution is -2.60. The van der Waals surface area contributed by atoms with Crippen molar-refractivity contribution in [3.05, 3.63) is 166 Å². The number of rotatable bonds is 35. The number of aliphatic imine (C=N–C) groups is 2. The number of ether oxygens (including phenoxy) is 1. The fraction of sp³-hybridized carbons (Fsp3) is 0.500. The van der Waals surface area contributed by atoms with Gasteiger partial charge in [0.1, 0.15) is 45.8 Å². The van der Waals surface area contributed by atoms with Crippen molar-refractivity contribution < 1.29 is 29.0 Å². The Kier molecular flexibility index (Phi) is 27.1. The van der Waals surface area contributed by atoms with Gasteiger partial charge in [0, 0.05) is 85.9 Å². The largest absolute Gasteiger partial charge is 0.391 e. The third kappa shape index (κ3) is 18.9. The highest BCUT2D eigenvalue weighted by atomic mass is 35.5. The molecule has 8 aromatic rings. The number of aryl methyl sites for hydroxylation is 5. The van der Waals surface area contributed by atoms with Crippen LogP contribution in [0.25, 0.3) is 20.4 Å². The third-order valence-corrected chi connectivity index (χ3v) is 25.4. The Labute approximate surface area is 637 Å². The minimum atomic E-state index is -0.962. The van der Waals surface area contributed by atoms with Crippen LogP contribution in [0.4, 0.5) is 0 Å². The predicted octanol–water partition coefficient (Wildman–Crippen LogP) is 15.1. The minimum Gasteiger partial charge on any atom is -0.391 e. The van der Waals surface area contributed by atoms with Crippen molar-refractivity contribution in [1.82, 2.24) is 60.7 Å². The molecule has 26 heteroatoms. The van der Waals surface area contributed by atoms with Gasteiger partial charge in [-0.2, -0.15) is 11.8 Å². The number of halogens is 2. The van der Waals surface area contributed by atoms with E-state index < -0.39 is 29.0 Å². The van der Waals surface area contributed by atoms with Crippen LogP contribution < -0.4 is 21.3 Å². The molecule has 0 saturated carbocycles. The predicted molar refractivity (Wildman–Crippen MR) is 421 cm³/mol. The first-order valence-corrected chi connectivity index (χ1v) is 40.8. The number of β-amino-alcohol motifs (C(OH)–C–C–N with tert-alkyl or cyclic N) is 1. The van der Waals surface area contributed by atoms with E-state index in [1.54, 1.807) is 45.8 Å². The second-order valence-corrected chi connectivity index (χ2v) is 34.0. The Morgan fingerprint density at radius 2 is 1.20 bits per heavy atom. The zero-order valence-corrected chi connectivity index (χ0v) is 66.2. The number of carbonyl (C=O) groups is 4. The maximum Gasteiger partial charge on any atom is 0.247 e. The van der Waals surface area contributed by atoms with E-state index in [2.05, 4.69) is 83.5 Å². The van der Waals surface area contributed by atoms with Crippen LogP contribution in [0, 0.1) is 48.5 Å². The van der Waals surface area contributed by atoms with Gasteiger partial charge in [0.25, 0.3) is 0 Å². The van der Waals surface area contributed by atoms with Crippen molar-refractivity contribution in [3.63, 3.8) is 0 Å². The Morgan fingerprint density at radius 1 is 0.654 bits per heavy atom. The summed E-state index contributed by atoms with van der Waals surface area (Å²) in [7, 11) is 0. The van der Waals surface area contributed by atoms with E-state index in [0.717, 1.165) is 178 Å². The first-order chi connectivity index (χ1) is 50.1. The van der Waals surface area contributed by atoms with Gasteiger partial charge in [0.15, 0.2) is 11.6 Å². The van der Waals surface area contributed by atoms with E-state index in [4.69, 9.17) is 37.9 Å². The molecule has 4 amide bonds. The topological polar surface area (TPSA) is 248 Å². The standard InChI is InChI=1S/C78H98Cl2N14O6S4/c1-46-50(5)103-76-66(46)68(55-27-31-58(79)32-28-55)85-61(72-90-88-52(7)93(72)76)35-38-81-36-17-12-14-21-41-102-78(9,10)71(75(99)92-44-60(95)42-63(92)74(98)84-48(3)54-23-25-57(26-24-54)70-49(4)83-45-101-70)87-64(96)22-16-15-20-40-100-39-19-13-11-18-37-82-65(97)43-62-73-91-89-53(8)94(73)77-67(47(2)51(6)104-77)69(86-62)56-29-33-59(80)34-30-56/h23-34,45,48,60-63,71,81,95H,11-22,35-44H2,1-10H3,(H,82,97)(H,84,98)(H,87,96)/t48-,60+,61-,62-,63-,71+/m0/s1. The number of thiazole rings is 1. The molecule has 3 aromatic carbocycles. The molecule has 20 nitrogen and oxygen atoms in total. The summed E-state index contributed by atoms with van der Waals surface area (Å²) in [4.78, 5) is 76.9. The van der Waals surface area contributed by atoms with Gasteiger partial charge in [-0.3, -0.25) is 38.3 Å². The molecule has 554 valence electrons. The average molecular weight is 1530 g/mol. The van der Waals surface area contributed by atoms with E-state index in [0.29, 0.717) is 42.0 Å². The number of unbranched alkanes of at least 4 members (excludes halogenated alkanes) is 8. The van der Waals surface area contributed by atoms with Crippen LogP contribution in [-0.2, 0) is 23.9 Å². The van der Waals surface area contributed by atoms with Crippen molar-refractivity contribution in [1.29, 1.82) is 0 Å². The van der Waals surface area contributed by atoms with Crippen LogP contribution in [0.15, 0.2) is 88.3 Å². The molecular formula is C78H98Cl2N14O6S4. The highest BCUT2D eigenvalue weighted by Gasteiger charge is 2.46. The van der Waals surface area contributed by atoms with Crippen molar-refractivity contribution >= 4 is 104 Å². The van der Waals surface area contributed by atoms with Crippen molar-refractivity contribution in [2.24, 2.45) is 9.98 Å². The van der Waals surface area contributed by atoms with Crippen LogP contribution >= 0.6 is 69.0 Å². The molecular weight excluding hydrogens is 1430 g/mol. The Hall–Kier alpha value is -7.00. The van der Waals surface area contributed by atoms with Crippen LogP contribution in [0.2, 0.25) is 10.0 Å². The minimum absolute atomic E-state index is 0.0168. The number of aliphatic hydroxyl groups excluding tert-OH is 1. The quantitative estimate of drug-likeness (QED) is 0.0232. The first kappa shape index (κ1) is 78.1. The second-order valence-electron chi connectivity index (χ2n) is 28.1. The Balaban J connectivity index is 0.620. The highest BCUT2D eigenvalue weighted by molar-refractivity contribution is 8.00. The number of aliphatic hydroxyl groups is 1. The number of likely N-dealkylation sites (tertiary alicyclic amines) is 1. The molecule has 0 bridgehead atoms. The van der Waals surface area contributed by atoms with Crippen molar-refractivity contribution in [2.75, 3.05) is 45.1 Å². The fourth-order valence-electron chi connectivity index (χ4n) is 13.9. The summed E-state index contributed by atoms with van der Waals surface area (Å²) in [6.07, 6.45) is 10.0. The van der Waals surface area contributed by atoms with E-state index in [1.165, 1.54) is 20.2 Å². The van der Waals surface area contributed by atoms with Gasteiger partial charge in [0.2, 0.25) is 23.6 Å². The van der Waals surface area contributed by atoms with E-state index in [9.17, 15) is 19.5 Å². The highest BCUT2D eigenvalue weighted by Crippen LogP contribution is 2.42. The number of benzene rings is 3. The first-order valence-electron chi connectivity index (χ1n) is 36.6. The summed E-state index contributed by atoms with van der Waals surface area (Å²) in [5.41, 5.74) is 12.9. The number of thioether (sulfide) groups is 1. The molecule has 1 saturated heterocycles. The van der Waals surface area contributed by atoms with Crippen LogP contribution in [-0.4, -0.2) is 148 Å².